The second-order valence-electron chi connectivity index (χ2n) is 9.71. The van der Waals surface area contributed by atoms with E-state index < -0.39 is 63.8 Å². The van der Waals surface area contributed by atoms with E-state index in [4.69, 9.17) is 4.74 Å². The van der Waals surface area contributed by atoms with Gasteiger partial charge in [-0.15, -0.1) is 0 Å². The van der Waals surface area contributed by atoms with Crippen LogP contribution in [0.25, 0.3) is 0 Å². The number of nitrogens with one attached hydrogen (secondary N) is 1. The van der Waals surface area contributed by atoms with Crippen molar-refractivity contribution in [1.82, 2.24) is 5.32 Å². The van der Waals surface area contributed by atoms with Crippen LogP contribution < -0.4 is 5.32 Å². The fourth-order valence-electron chi connectivity index (χ4n) is 5.54. The lowest BCUT2D eigenvalue weighted by atomic mass is 9.81. The maximum atomic E-state index is 14.0. The number of benzene rings is 2. The van der Waals surface area contributed by atoms with Crippen molar-refractivity contribution in [3.63, 3.8) is 0 Å². The molecule has 1 saturated heterocycles. The third-order valence-corrected chi connectivity index (χ3v) is 7.50. The van der Waals surface area contributed by atoms with Crippen molar-refractivity contribution in [2.45, 2.75) is 58.0 Å². The molecule has 2 amide bonds. The second-order valence-corrected chi connectivity index (χ2v) is 9.71. The van der Waals surface area contributed by atoms with Crippen molar-refractivity contribution in [2.24, 2.45) is 5.92 Å². The molecule has 12 heteroatoms. The summed E-state index contributed by atoms with van der Waals surface area (Å²) in [4.78, 5) is 26.3. The Bertz CT molecular complexity index is 1200. The number of aryl methyl sites for hydroxylation is 1. The zero-order valence-corrected chi connectivity index (χ0v) is 21.8. The molecular formula is C27H30F7N2O3+. The minimum Gasteiger partial charge on any atom is -0.466 e. The minimum absolute atomic E-state index is 0.00809. The summed E-state index contributed by atoms with van der Waals surface area (Å²) in [5.74, 6) is -1.77. The van der Waals surface area contributed by atoms with Crippen LogP contribution in [-0.4, -0.2) is 36.7 Å². The zero-order valence-electron chi connectivity index (χ0n) is 21.8. The first-order chi connectivity index (χ1) is 18.1. The number of carbonyl (C=O) groups excluding carboxylic acids is 2. The van der Waals surface area contributed by atoms with E-state index in [9.17, 15) is 40.3 Å². The fourth-order valence-corrected chi connectivity index (χ4v) is 5.54. The highest BCUT2D eigenvalue weighted by Crippen LogP contribution is 2.49. The lowest BCUT2D eigenvalue weighted by Crippen LogP contribution is -2.63. The highest BCUT2D eigenvalue weighted by Gasteiger charge is 2.55. The number of amides is 2. The Morgan fingerprint density at radius 3 is 2.13 bits per heavy atom. The first-order valence-electron chi connectivity index (χ1n) is 12.4. The lowest BCUT2D eigenvalue weighted by Gasteiger charge is -2.50. The smallest absolute Gasteiger partial charge is 0.417 e. The fraction of sp³-hybridized carbons (Fsp3) is 0.481. The molecule has 1 N–H and O–H groups in total. The Morgan fingerprint density at radius 1 is 1.05 bits per heavy atom. The molecular weight excluding hydrogens is 533 g/mol. The van der Waals surface area contributed by atoms with Crippen molar-refractivity contribution < 1.29 is 49.5 Å². The Kier molecular flexibility index (Phi) is 8.69. The van der Waals surface area contributed by atoms with Gasteiger partial charge in [-0.1, -0.05) is 0 Å². The van der Waals surface area contributed by atoms with E-state index in [0.717, 1.165) is 6.07 Å². The molecule has 2 unspecified atom stereocenters. The summed E-state index contributed by atoms with van der Waals surface area (Å²) in [6, 6.07) is 2.30. The number of carbonyl (C=O) groups is 2. The molecule has 0 radical (unpaired) electrons. The number of rotatable bonds is 5. The molecule has 2 aromatic carbocycles. The van der Waals surface area contributed by atoms with Crippen LogP contribution in [0.15, 0.2) is 36.4 Å². The van der Waals surface area contributed by atoms with Crippen LogP contribution >= 0.6 is 0 Å². The number of urea groups is 1. The molecule has 1 fully saturated rings. The highest BCUT2D eigenvalue weighted by atomic mass is 19.4. The summed E-state index contributed by atoms with van der Waals surface area (Å²) in [6.45, 7) is 4.61. The van der Waals surface area contributed by atoms with E-state index in [2.05, 4.69) is 5.32 Å². The number of nitrogens with zero attached hydrogens (tertiary/aromatic N) is 1. The average molecular weight is 564 g/mol. The molecule has 0 spiro atoms. The predicted molar refractivity (Wildman–Crippen MR) is 128 cm³/mol. The Hall–Kier alpha value is -3.15. The van der Waals surface area contributed by atoms with Crippen LogP contribution in [0.4, 0.5) is 35.5 Å². The van der Waals surface area contributed by atoms with Crippen molar-refractivity contribution in [3.8, 4) is 0 Å². The van der Waals surface area contributed by atoms with Gasteiger partial charge in [-0.25, -0.2) is 13.7 Å². The van der Waals surface area contributed by atoms with Gasteiger partial charge in [0.15, 0.2) is 0 Å². The number of quaternary nitrogens is 1. The number of alkyl halides is 6. The van der Waals surface area contributed by atoms with Crippen LogP contribution in [0.5, 0.6) is 0 Å². The molecule has 0 saturated carbocycles. The van der Waals surface area contributed by atoms with Gasteiger partial charge in [-0.3, -0.25) is 4.79 Å². The Balaban J connectivity index is 2.28. The third-order valence-electron chi connectivity index (χ3n) is 7.50. The standard InChI is InChI=1S/C27H29F7N2O3/c1-5-39-24(37)17-8-9-36(25(38)35-4,23(13-17)22-7-6-21(28)10-15(22)2)16(3)18-11-19(26(29,30)31)14-20(12-18)27(32,33)34/h6-7,10-12,14,16-17,23H,5,8-9,13H2,1-4H3/p+1/t16?,17-,23+,36?/m0/s1. The molecule has 4 atom stereocenters. The van der Waals surface area contributed by atoms with Crippen molar-refractivity contribution in [1.29, 1.82) is 0 Å². The largest absolute Gasteiger partial charge is 0.466 e. The molecule has 0 bridgehead atoms. The van der Waals surface area contributed by atoms with Crippen molar-refractivity contribution in [3.05, 3.63) is 70.0 Å². The SMILES string of the molecule is CCOC(=O)[C@H]1CC[N+](C(=O)NC)(C(C)c2cc(C(F)(F)F)cc(C(F)(F)F)c2)[C@@H](c2ccc(F)cc2C)C1. The molecule has 1 heterocycles. The number of hydrogen-bond acceptors (Lipinski definition) is 3. The number of esters is 1. The molecule has 3 rings (SSSR count). The summed E-state index contributed by atoms with van der Waals surface area (Å²) in [6.07, 6.45) is -10.0. The lowest BCUT2D eigenvalue weighted by molar-refractivity contribution is -0.916. The van der Waals surface area contributed by atoms with E-state index in [0.29, 0.717) is 23.3 Å². The third kappa shape index (κ3) is 6.05. The van der Waals surface area contributed by atoms with Crippen LogP contribution in [-0.2, 0) is 21.9 Å². The van der Waals surface area contributed by atoms with E-state index in [1.807, 2.05) is 0 Å². The van der Waals surface area contributed by atoms with Gasteiger partial charge in [-0.2, -0.15) is 26.3 Å². The first-order valence-corrected chi connectivity index (χ1v) is 12.4. The van der Waals surface area contributed by atoms with Gasteiger partial charge in [0, 0.05) is 31.0 Å². The van der Waals surface area contributed by atoms with Gasteiger partial charge in [0.25, 0.3) is 0 Å². The van der Waals surface area contributed by atoms with E-state index >= 15 is 0 Å². The van der Waals surface area contributed by atoms with Gasteiger partial charge in [0.05, 0.1) is 30.2 Å². The summed E-state index contributed by atoms with van der Waals surface area (Å²) in [5, 5.41) is 2.51. The summed E-state index contributed by atoms with van der Waals surface area (Å²) < 4.78 is 101. The summed E-state index contributed by atoms with van der Waals surface area (Å²) in [5.41, 5.74) is -2.47. The zero-order chi connectivity index (χ0) is 29.3. The summed E-state index contributed by atoms with van der Waals surface area (Å²) in [7, 11) is 1.31. The van der Waals surface area contributed by atoms with Crippen LogP contribution in [0, 0.1) is 18.7 Å². The predicted octanol–water partition coefficient (Wildman–Crippen LogP) is 7.10. The van der Waals surface area contributed by atoms with E-state index in [-0.39, 0.29) is 37.6 Å². The van der Waals surface area contributed by atoms with Crippen molar-refractivity contribution in [2.75, 3.05) is 20.2 Å². The second kappa shape index (κ2) is 11.1. The monoisotopic (exact) mass is 563 g/mol. The minimum atomic E-state index is -5.07. The van der Waals surface area contributed by atoms with Crippen LogP contribution in [0.3, 0.4) is 0 Å². The Labute approximate surface area is 221 Å². The van der Waals surface area contributed by atoms with Crippen LogP contribution in [0.1, 0.15) is 66.6 Å². The topological polar surface area (TPSA) is 55.4 Å². The molecule has 39 heavy (non-hydrogen) atoms. The van der Waals surface area contributed by atoms with E-state index in [1.54, 1.807) is 13.8 Å². The molecule has 1 aliphatic rings. The number of likely N-dealkylation sites (tertiary alicyclic amines) is 1. The quantitative estimate of drug-likeness (QED) is 0.240. The number of hydrogen-bond donors (Lipinski definition) is 1. The van der Waals surface area contributed by atoms with Gasteiger partial charge in [0.1, 0.15) is 17.9 Å². The molecule has 2 aromatic rings. The molecule has 0 aromatic heterocycles. The number of halogens is 7. The van der Waals surface area contributed by atoms with Gasteiger partial charge >= 0.3 is 24.4 Å². The maximum Gasteiger partial charge on any atom is 0.417 e. The van der Waals surface area contributed by atoms with Crippen molar-refractivity contribution >= 4 is 12.0 Å². The van der Waals surface area contributed by atoms with E-state index in [1.165, 1.54) is 26.1 Å². The highest BCUT2D eigenvalue weighted by molar-refractivity contribution is 5.73. The normalized spacial score (nSPS) is 22.7. The molecule has 1 aliphatic heterocycles. The number of ether oxygens (including phenoxy) is 1. The molecule has 5 nitrogen and oxygen atoms in total. The van der Waals surface area contributed by atoms with Gasteiger partial charge < -0.3 is 10.1 Å². The molecule has 214 valence electrons. The first kappa shape index (κ1) is 30.4. The average Bonchev–Trinajstić information content (AvgIpc) is 2.86. The van der Waals surface area contributed by atoms with Crippen LogP contribution in [0.2, 0.25) is 0 Å². The number of piperidine rings is 1. The van der Waals surface area contributed by atoms with Gasteiger partial charge in [-0.05, 0) is 62.7 Å². The van der Waals surface area contributed by atoms with Gasteiger partial charge in [0.2, 0.25) is 0 Å². The maximum absolute atomic E-state index is 14.0. The summed E-state index contributed by atoms with van der Waals surface area (Å²) >= 11 is 0. The molecule has 0 aliphatic carbocycles. The Morgan fingerprint density at radius 2 is 1.64 bits per heavy atom.